The molecule has 2 aromatic heterocycles. The molecule has 0 unspecified atom stereocenters. The molecule has 0 aliphatic rings. The monoisotopic (exact) mass is 793 g/mol. The Hall–Kier alpha value is -3.24. The Balaban J connectivity index is 0.000000241. The molecule has 0 spiro atoms. The average molecular weight is 793 g/mol. The second-order valence-electron chi connectivity index (χ2n) is 14.3. The second kappa shape index (κ2) is 14.9. The second-order valence-corrected chi connectivity index (χ2v) is 19.3. The SMILES string of the molecule is CC(C)(c1ccccc1)c1cc[c-]c(-c2ccccn2)c1.Cc1cc[c-]c(-c2cc(CC(C)(C)C)c([Si](C)(C)C)cn2)c1F.[Ir]. The van der Waals surface area contributed by atoms with Crippen LogP contribution < -0.4 is 5.19 Å². The fourth-order valence-corrected chi connectivity index (χ4v) is 6.92. The van der Waals surface area contributed by atoms with Crippen molar-refractivity contribution in [3.05, 3.63) is 138 Å². The van der Waals surface area contributed by atoms with Crippen molar-refractivity contribution in [2.24, 2.45) is 5.41 Å². The van der Waals surface area contributed by atoms with Gasteiger partial charge in [0.05, 0.1) is 8.07 Å². The molecule has 2 heterocycles. The minimum atomic E-state index is -1.49. The van der Waals surface area contributed by atoms with Gasteiger partial charge in [0.2, 0.25) is 0 Å². The molecular weight excluding hydrogens is 748 g/mol. The predicted molar refractivity (Wildman–Crippen MR) is 186 cm³/mol. The Kier molecular flexibility index (Phi) is 12.0. The van der Waals surface area contributed by atoms with Crippen LogP contribution in [0.15, 0.2) is 97.3 Å². The summed E-state index contributed by atoms with van der Waals surface area (Å²) in [6, 6.07) is 34.8. The number of rotatable bonds is 6. The Morgan fingerprint density at radius 1 is 0.756 bits per heavy atom. The zero-order chi connectivity index (χ0) is 32.1. The maximum atomic E-state index is 14.4. The maximum Gasteiger partial charge on any atom is 0.0798 e. The third-order valence-corrected chi connectivity index (χ3v) is 9.93. The fourth-order valence-electron chi connectivity index (χ4n) is 5.34. The number of hydrogen-bond donors (Lipinski definition) is 0. The van der Waals surface area contributed by atoms with Crippen LogP contribution in [0, 0.1) is 30.3 Å². The van der Waals surface area contributed by atoms with E-state index < -0.39 is 8.07 Å². The van der Waals surface area contributed by atoms with Crippen molar-refractivity contribution in [1.82, 2.24) is 9.97 Å². The van der Waals surface area contributed by atoms with E-state index in [-0.39, 0.29) is 36.8 Å². The van der Waals surface area contributed by atoms with Crippen LogP contribution in [-0.4, -0.2) is 18.0 Å². The number of hydrogen-bond acceptors (Lipinski definition) is 2. The molecule has 45 heavy (non-hydrogen) atoms. The third-order valence-electron chi connectivity index (χ3n) is 7.86. The third kappa shape index (κ3) is 9.39. The first-order valence-electron chi connectivity index (χ1n) is 15.3. The van der Waals surface area contributed by atoms with Gasteiger partial charge in [-0.3, -0.25) is 4.39 Å². The van der Waals surface area contributed by atoms with Crippen LogP contribution in [0.4, 0.5) is 4.39 Å². The molecule has 2 nitrogen and oxygen atoms in total. The molecular formula is C40H45FIrN2Si-2. The van der Waals surface area contributed by atoms with Gasteiger partial charge in [0.25, 0.3) is 0 Å². The summed E-state index contributed by atoms with van der Waals surface area (Å²) < 4.78 is 14.4. The Morgan fingerprint density at radius 3 is 2.04 bits per heavy atom. The molecule has 0 fully saturated rings. The van der Waals surface area contributed by atoms with Crippen molar-refractivity contribution >= 4 is 13.3 Å². The van der Waals surface area contributed by atoms with Gasteiger partial charge in [0.15, 0.2) is 0 Å². The average Bonchev–Trinajstić information content (AvgIpc) is 2.98. The summed E-state index contributed by atoms with van der Waals surface area (Å²) in [5, 5.41) is 1.37. The molecule has 0 saturated heterocycles. The van der Waals surface area contributed by atoms with Crippen LogP contribution >= 0.6 is 0 Å². The first-order valence-corrected chi connectivity index (χ1v) is 18.8. The number of pyridine rings is 2. The first kappa shape index (κ1) is 36.2. The van der Waals surface area contributed by atoms with Crippen molar-refractivity contribution in [2.75, 3.05) is 0 Å². The van der Waals surface area contributed by atoms with E-state index in [2.05, 4.69) is 125 Å². The topological polar surface area (TPSA) is 25.8 Å². The fraction of sp³-hybridized carbons (Fsp3) is 0.300. The Labute approximate surface area is 285 Å². The molecule has 0 amide bonds. The summed E-state index contributed by atoms with van der Waals surface area (Å²) in [5.41, 5.74) is 7.82. The Bertz CT molecular complexity index is 1690. The van der Waals surface area contributed by atoms with Crippen molar-refractivity contribution in [1.29, 1.82) is 0 Å². The van der Waals surface area contributed by atoms with Gasteiger partial charge in [-0.25, -0.2) is 0 Å². The van der Waals surface area contributed by atoms with Crippen LogP contribution in [0.2, 0.25) is 19.6 Å². The minimum absolute atomic E-state index is 0. The van der Waals surface area contributed by atoms with Gasteiger partial charge < -0.3 is 9.97 Å². The molecule has 0 N–H and O–H groups in total. The van der Waals surface area contributed by atoms with Crippen LogP contribution in [-0.2, 0) is 31.9 Å². The van der Waals surface area contributed by atoms with E-state index >= 15 is 0 Å². The number of aryl methyl sites for hydroxylation is 1. The van der Waals surface area contributed by atoms with Gasteiger partial charge in [0.1, 0.15) is 0 Å². The summed E-state index contributed by atoms with van der Waals surface area (Å²) in [6.07, 6.45) is 4.76. The number of benzene rings is 3. The molecule has 0 aliphatic heterocycles. The zero-order valence-corrected chi connectivity index (χ0v) is 31.4. The molecule has 5 rings (SSSR count). The van der Waals surface area contributed by atoms with Crippen LogP contribution in [0.25, 0.3) is 22.5 Å². The molecule has 3 aromatic carbocycles. The standard InChI is InChI=1S/C20H27FNSi.C20H18N.Ir/c1-14-9-8-10-16(19(14)21)17-11-15(12-20(2,3)4)18(13-22-17)23(5,6)7;1-20(2,17-10-4-3-5-11-17)18-12-8-9-16(15-18)19-13-6-7-14-21-19;/h8-9,11,13H,12H2,1-7H3;3-8,10-15H,1-2H3;/q2*-1;. The van der Waals surface area contributed by atoms with Crippen LogP contribution in [0.5, 0.6) is 0 Å². The van der Waals surface area contributed by atoms with Crippen molar-refractivity contribution in [3.8, 4) is 22.5 Å². The van der Waals surface area contributed by atoms with E-state index in [1.165, 1.54) is 21.9 Å². The molecule has 5 aromatic rings. The molecule has 1 radical (unpaired) electrons. The van der Waals surface area contributed by atoms with E-state index in [1.807, 2.05) is 36.7 Å². The van der Waals surface area contributed by atoms with Gasteiger partial charge >= 0.3 is 0 Å². The first-order chi connectivity index (χ1) is 20.7. The van der Waals surface area contributed by atoms with E-state index in [0.717, 1.165) is 17.7 Å². The number of nitrogens with zero attached hydrogens (tertiary/aromatic N) is 2. The van der Waals surface area contributed by atoms with Gasteiger partial charge in [-0.15, -0.1) is 53.6 Å². The van der Waals surface area contributed by atoms with Crippen molar-refractivity contribution < 1.29 is 24.5 Å². The minimum Gasteiger partial charge on any atom is -0.305 e. The van der Waals surface area contributed by atoms with Gasteiger partial charge in [0, 0.05) is 38.3 Å². The van der Waals surface area contributed by atoms with E-state index in [1.54, 1.807) is 19.1 Å². The van der Waals surface area contributed by atoms with Crippen molar-refractivity contribution in [3.63, 3.8) is 0 Å². The molecule has 5 heteroatoms. The summed E-state index contributed by atoms with van der Waals surface area (Å²) in [6.45, 7) is 20.0. The van der Waals surface area contributed by atoms with Gasteiger partial charge in [-0.2, -0.15) is 0 Å². The summed E-state index contributed by atoms with van der Waals surface area (Å²) >= 11 is 0. The number of halogens is 1. The molecule has 0 aliphatic carbocycles. The van der Waals surface area contributed by atoms with E-state index in [4.69, 9.17) is 0 Å². The quantitative estimate of drug-likeness (QED) is 0.126. The van der Waals surface area contributed by atoms with E-state index in [0.29, 0.717) is 16.8 Å². The molecule has 237 valence electrons. The van der Waals surface area contributed by atoms with E-state index in [9.17, 15) is 4.39 Å². The zero-order valence-electron chi connectivity index (χ0n) is 28.1. The van der Waals surface area contributed by atoms with Crippen LogP contribution in [0.1, 0.15) is 56.9 Å². The predicted octanol–water partition coefficient (Wildman–Crippen LogP) is 10.0. The molecule has 0 atom stereocenters. The maximum absolute atomic E-state index is 14.4. The summed E-state index contributed by atoms with van der Waals surface area (Å²) in [4.78, 5) is 8.99. The largest absolute Gasteiger partial charge is 0.305 e. The van der Waals surface area contributed by atoms with Crippen LogP contribution in [0.3, 0.4) is 0 Å². The van der Waals surface area contributed by atoms with Gasteiger partial charge in [-0.1, -0.05) is 126 Å². The smallest absolute Gasteiger partial charge is 0.0798 e. The summed E-state index contributed by atoms with van der Waals surface area (Å²) in [7, 11) is -1.49. The Morgan fingerprint density at radius 2 is 1.42 bits per heavy atom. The molecule has 0 saturated carbocycles. The van der Waals surface area contributed by atoms with Gasteiger partial charge in [-0.05, 0) is 45.5 Å². The summed E-state index contributed by atoms with van der Waals surface area (Å²) in [5.74, 6) is -0.220. The van der Waals surface area contributed by atoms with Crippen molar-refractivity contribution in [2.45, 2.75) is 73.0 Å². The number of aromatic nitrogens is 2. The normalized spacial score (nSPS) is 11.7. The molecule has 0 bridgehead atoms.